The number of aryl methyl sites for hydroxylation is 1. The van der Waals surface area contributed by atoms with Crippen LogP contribution in [0.3, 0.4) is 0 Å². The molecule has 7 heteroatoms. The van der Waals surface area contributed by atoms with Crippen LogP contribution in [0.25, 0.3) is 10.2 Å². The predicted octanol–water partition coefficient (Wildman–Crippen LogP) is 5.90. The fourth-order valence-corrected chi connectivity index (χ4v) is 3.94. The third-order valence-electron chi connectivity index (χ3n) is 4.59. The Morgan fingerprint density at radius 3 is 2.55 bits per heavy atom. The van der Waals surface area contributed by atoms with Crippen molar-refractivity contribution in [2.45, 2.75) is 6.92 Å². The summed E-state index contributed by atoms with van der Waals surface area (Å²) >= 11 is 1.43. The van der Waals surface area contributed by atoms with Crippen molar-refractivity contribution in [3.63, 3.8) is 0 Å². The Hall–Kier alpha value is -3.32. The van der Waals surface area contributed by atoms with Crippen molar-refractivity contribution in [1.29, 1.82) is 0 Å². The Bertz CT molecular complexity index is 1210. The number of benzene rings is 3. The zero-order valence-corrected chi connectivity index (χ0v) is 16.6. The number of amides is 1. The first-order valence-corrected chi connectivity index (χ1v) is 9.71. The van der Waals surface area contributed by atoms with E-state index in [1.54, 1.807) is 12.1 Å². The number of carbonyl (C=O) groups excluding carboxylic acids is 1. The van der Waals surface area contributed by atoms with Crippen LogP contribution in [0.15, 0.2) is 60.7 Å². The number of halogens is 2. The maximum atomic E-state index is 14.4. The summed E-state index contributed by atoms with van der Waals surface area (Å²) in [5, 5.41) is 3.89. The van der Waals surface area contributed by atoms with Crippen molar-refractivity contribution in [2.24, 2.45) is 0 Å². The van der Waals surface area contributed by atoms with E-state index in [2.05, 4.69) is 10.3 Å². The normalized spacial score (nSPS) is 10.9. The van der Waals surface area contributed by atoms with Gasteiger partial charge in [0, 0.05) is 12.7 Å². The molecule has 0 atom stereocenters. The minimum absolute atomic E-state index is 0.212. The van der Waals surface area contributed by atoms with E-state index in [4.69, 9.17) is 0 Å². The largest absolute Gasteiger partial charge is 0.332 e. The number of fused-ring (bicyclic) bond motifs is 1. The Kier molecular flexibility index (Phi) is 4.98. The molecule has 0 radical (unpaired) electrons. The van der Waals surface area contributed by atoms with Crippen LogP contribution in [0, 0.1) is 18.6 Å². The average Bonchev–Trinajstić information content (AvgIpc) is 3.13. The van der Waals surface area contributed by atoms with Crippen LogP contribution in [0.1, 0.15) is 15.9 Å². The summed E-state index contributed by atoms with van der Waals surface area (Å²) in [6.45, 7) is 1.49. The number of anilines is 3. The summed E-state index contributed by atoms with van der Waals surface area (Å²) in [5.74, 6) is -2.50. The molecule has 3 aromatic carbocycles. The highest BCUT2D eigenvalue weighted by molar-refractivity contribution is 7.22. The van der Waals surface area contributed by atoms with Gasteiger partial charge >= 0.3 is 0 Å². The van der Waals surface area contributed by atoms with E-state index in [0.29, 0.717) is 16.3 Å². The smallest absolute Gasteiger partial charge is 0.264 e. The molecule has 1 amide bonds. The van der Waals surface area contributed by atoms with E-state index >= 15 is 0 Å². The number of rotatable bonds is 4. The molecule has 0 saturated carbocycles. The number of nitrogens with one attached hydrogen (secondary N) is 1. The van der Waals surface area contributed by atoms with Crippen molar-refractivity contribution >= 4 is 44.0 Å². The van der Waals surface area contributed by atoms with Crippen LogP contribution in [0.4, 0.5) is 25.3 Å². The van der Waals surface area contributed by atoms with Crippen LogP contribution in [-0.2, 0) is 0 Å². The molecule has 4 nitrogen and oxygen atoms in total. The fourth-order valence-electron chi connectivity index (χ4n) is 3.03. The number of carbonyl (C=O) groups is 1. The molecule has 0 aliphatic carbocycles. The van der Waals surface area contributed by atoms with Crippen molar-refractivity contribution in [3.8, 4) is 0 Å². The Morgan fingerprint density at radius 1 is 1.03 bits per heavy atom. The number of aromatic nitrogens is 1. The van der Waals surface area contributed by atoms with E-state index in [1.165, 1.54) is 36.3 Å². The molecule has 0 aliphatic rings. The predicted molar refractivity (Wildman–Crippen MR) is 113 cm³/mol. The van der Waals surface area contributed by atoms with E-state index in [-0.39, 0.29) is 5.56 Å². The monoisotopic (exact) mass is 409 g/mol. The first-order chi connectivity index (χ1) is 14.0. The first-order valence-electron chi connectivity index (χ1n) is 8.90. The lowest BCUT2D eigenvalue weighted by molar-refractivity contribution is 0.0985. The molecule has 1 aromatic heterocycles. The van der Waals surface area contributed by atoms with E-state index < -0.39 is 23.1 Å². The number of para-hydroxylation sites is 2. The summed E-state index contributed by atoms with van der Waals surface area (Å²) < 4.78 is 29.5. The highest BCUT2D eigenvalue weighted by Crippen LogP contribution is 2.34. The van der Waals surface area contributed by atoms with Gasteiger partial charge in [-0.15, -0.1) is 0 Å². The maximum absolute atomic E-state index is 14.4. The van der Waals surface area contributed by atoms with Crippen molar-refractivity contribution in [3.05, 3.63) is 83.4 Å². The van der Waals surface area contributed by atoms with Crippen molar-refractivity contribution in [1.82, 2.24) is 4.98 Å². The van der Waals surface area contributed by atoms with Crippen LogP contribution in [-0.4, -0.2) is 17.9 Å². The second-order valence-corrected chi connectivity index (χ2v) is 7.58. The lowest BCUT2D eigenvalue weighted by atomic mass is 10.1. The Balaban J connectivity index is 1.72. The standard InChI is InChI=1S/C22H17F2N3OS/c1-13-11-12-15(23)18(19(13)24)21(28)27(2)16-9-6-10-17-20(16)26-22(29-17)25-14-7-4-3-5-8-14/h3-12H,1-2H3,(H,25,26). The highest BCUT2D eigenvalue weighted by atomic mass is 32.1. The van der Waals surface area contributed by atoms with Crippen molar-refractivity contribution < 1.29 is 13.6 Å². The van der Waals surface area contributed by atoms with Gasteiger partial charge in [-0.25, -0.2) is 13.8 Å². The summed E-state index contributed by atoms with van der Waals surface area (Å²) in [6, 6.07) is 17.4. The molecule has 0 bridgehead atoms. The summed E-state index contributed by atoms with van der Waals surface area (Å²) in [7, 11) is 1.49. The number of hydrogen-bond donors (Lipinski definition) is 1. The van der Waals surface area contributed by atoms with E-state index in [0.717, 1.165) is 16.5 Å². The lowest BCUT2D eigenvalue weighted by Crippen LogP contribution is -2.28. The molecule has 1 N–H and O–H groups in total. The summed E-state index contributed by atoms with van der Waals surface area (Å²) in [5.41, 5.74) is 1.60. The Morgan fingerprint density at radius 2 is 1.79 bits per heavy atom. The Labute approximate surface area is 170 Å². The number of thiazole rings is 1. The molecule has 29 heavy (non-hydrogen) atoms. The second-order valence-electron chi connectivity index (χ2n) is 6.55. The molecule has 0 saturated heterocycles. The molecular formula is C22H17F2N3OS. The molecule has 4 rings (SSSR count). The maximum Gasteiger partial charge on any atom is 0.264 e. The van der Waals surface area contributed by atoms with E-state index in [9.17, 15) is 13.6 Å². The zero-order valence-electron chi connectivity index (χ0n) is 15.7. The van der Waals surface area contributed by atoms with Gasteiger partial charge in [0.05, 0.1) is 10.4 Å². The van der Waals surface area contributed by atoms with Crippen LogP contribution >= 0.6 is 11.3 Å². The SMILES string of the molecule is Cc1ccc(F)c(C(=O)N(C)c2cccc3sc(Nc4ccccc4)nc23)c1F. The van der Waals surface area contributed by atoms with Crippen LogP contribution in [0.5, 0.6) is 0 Å². The van der Waals surface area contributed by atoms with Gasteiger partial charge < -0.3 is 10.2 Å². The molecule has 146 valence electrons. The molecule has 4 aromatic rings. The van der Waals surface area contributed by atoms with Gasteiger partial charge in [0.1, 0.15) is 22.7 Å². The van der Waals surface area contributed by atoms with Gasteiger partial charge in [-0.1, -0.05) is 41.7 Å². The van der Waals surface area contributed by atoms with Crippen LogP contribution in [0.2, 0.25) is 0 Å². The third kappa shape index (κ3) is 3.56. The quantitative estimate of drug-likeness (QED) is 0.456. The van der Waals surface area contributed by atoms with Crippen molar-refractivity contribution in [2.75, 3.05) is 17.3 Å². The van der Waals surface area contributed by atoms with Gasteiger partial charge in [-0.3, -0.25) is 4.79 Å². The molecule has 0 spiro atoms. The number of hydrogen-bond acceptors (Lipinski definition) is 4. The minimum Gasteiger partial charge on any atom is -0.332 e. The lowest BCUT2D eigenvalue weighted by Gasteiger charge is -2.19. The van der Waals surface area contributed by atoms with E-state index in [1.807, 2.05) is 36.4 Å². The molecule has 0 fully saturated rings. The van der Waals surface area contributed by atoms with Crippen LogP contribution < -0.4 is 10.2 Å². The topological polar surface area (TPSA) is 45.2 Å². The second kappa shape index (κ2) is 7.60. The number of nitrogens with zero attached hydrogens (tertiary/aromatic N) is 2. The minimum atomic E-state index is -0.887. The molecule has 0 aliphatic heterocycles. The zero-order chi connectivity index (χ0) is 20.5. The molecule has 0 unspecified atom stereocenters. The summed E-state index contributed by atoms with van der Waals surface area (Å²) in [6.07, 6.45) is 0. The van der Waals surface area contributed by atoms with Gasteiger partial charge in [0.2, 0.25) is 0 Å². The molecule has 1 heterocycles. The van der Waals surface area contributed by atoms with Gasteiger partial charge in [0.25, 0.3) is 5.91 Å². The fraction of sp³-hybridized carbons (Fsp3) is 0.0909. The van der Waals surface area contributed by atoms with Gasteiger partial charge in [-0.05, 0) is 42.8 Å². The summed E-state index contributed by atoms with van der Waals surface area (Å²) in [4.78, 5) is 18.7. The van der Waals surface area contributed by atoms with Gasteiger partial charge in [0.15, 0.2) is 5.13 Å². The highest BCUT2D eigenvalue weighted by Gasteiger charge is 2.25. The third-order valence-corrected chi connectivity index (χ3v) is 5.52. The molecular weight excluding hydrogens is 392 g/mol. The first kappa shape index (κ1) is 19.0. The van der Waals surface area contributed by atoms with Gasteiger partial charge in [-0.2, -0.15) is 0 Å². The average molecular weight is 409 g/mol.